The summed E-state index contributed by atoms with van der Waals surface area (Å²) in [5.74, 6) is 0.654. The average Bonchev–Trinajstić information content (AvgIpc) is 2.32. The predicted molar refractivity (Wildman–Crippen MR) is 61.7 cm³/mol. The van der Waals surface area contributed by atoms with Crippen LogP contribution in [0.4, 0.5) is 0 Å². The van der Waals surface area contributed by atoms with E-state index in [2.05, 4.69) is 0 Å². The van der Waals surface area contributed by atoms with E-state index in [-0.39, 0.29) is 12.0 Å². The summed E-state index contributed by atoms with van der Waals surface area (Å²) in [5, 5.41) is 9.65. The first-order chi connectivity index (χ1) is 7.69. The van der Waals surface area contributed by atoms with Crippen molar-refractivity contribution in [2.75, 3.05) is 7.11 Å². The first-order valence-corrected chi connectivity index (χ1v) is 4.95. The van der Waals surface area contributed by atoms with Crippen LogP contribution in [0.2, 0.25) is 0 Å². The number of aryl methyl sites for hydroxylation is 1. The summed E-state index contributed by atoms with van der Waals surface area (Å²) in [5.41, 5.74) is 0.991. The lowest BCUT2D eigenvalue weighted by Gasteiger charge is -2.11. The number of aliphatic hydroxyl groups is 1. The minimum Gasteiger partial charge on any atom is -0.495 e. The van der Waals surface area contributed by atoms with E-state index in [0.29, 0.717) is 16.7 Å². The van der Waals surface area contributed by atoms with Gasteiger partial charge in [-0.3, -0.25) is 4.79 Å². The van der Waals surface area contributed by atoms with Crippen molar-refractivity contribution < 1.29 is 9.84 Å². The molecule has 0 atom stereocenters. The quantitative estimate of drug-likeness (QED) is 0.821. The maximum atomic E-state index is 12.0. The van der Waals surface area contributed by atoms with Crippen molar-refractivity contribution >= 4 is 10.9 Å². The van der Waals surface area contributed by atoms with E-state index in [1.54, 1.807) is 36.1 Å². The van der Waals surface area contributed by atoms with Crippen LogP contribution in [0.25, 0.3) is 10.9 Å². The SMILES string of the molecule is COc1cccc2c(=O)c(CO)cn(C)c12. The third-order valence-electron chi connectivity index (χ3n) is 2.63. The van der Waals surface area contributed by atoms with Crippen LogP contribution in [0.1, 0.15) is 5.56 Å². The Morgan fingerprint density at radius 2 is 2.19 bits per heavy atom. The number of aliphatic hydroxyl groups excluding tert-OH is 1. The summed E-state index contributed by atoms with van der Waals surface area (Å²) in [7, 11) is 3.39. The molecule has 2 rings (SSSR count). The number of benzene rings is 1. The van der Waals surface area contributed by atoms with Gasteiger partial charge in [-0.25, -0.2) is 0 Å². The summed E-state index contributed by atoms with van der Waals surface area (Å²) < 4.78 is 7.01. The second kappa shape index (κ2) is 3.98. The highest BCUT2D eigenvalue weighted by atomic mass is 16.5. The van der Waals surface area contributed by atoms with Gasteiger partial charge >= 0.3 is 0 Å². The number of hydrogen-bond acceptors (Lipinski definition) is 3. The van der Waals surface area contributed by atoms with Crippen LogP contribution < -0.4 is 10.2 Å². The first kappa shape index (κ1) is 10.7. The molecule has 0 fully saturated rings. The molecule has 84 valence electrons. The molecular weight excluding hydrogens is 206 g/mol. The van der Waals surface area contributed by atoms with Gasteiger partial charge in [0.05, 0.1) is 19.2 Å². The highest BCUT2D eigenvalue weighted by Crippen LogP contribution is 2.22. The Hall–Kier alpha value is -1.81. The van der Waals surface area contributed by atoms with Gasteiger partial charge in [0.25, 0.3) is 0 Å². The molecule has 4 nitrogen and oxygen atoms in total. The topological polar surface area (TPSA) is 51.5 Å². The number of ether oxygens (including phenoxy) is 1. The Morgan fingerprint density at radius 1 is 1.44 bits per heavy atom. The number of nitrogens with zero attached hydrogens (tertiary/aromatic N) is 1. The molecule has 0 bridgehead atoms. The third-order valence-corrected chi connectivity index (χ3v) is 2.63. The molecule has 0 unspecified atom stereocenters. The fourth-order valence-corrected chi connectivity index (χ4v) is 1.88. The Bertz CT molecular complexity index is 587. The van der Waals surface area contributed by atoms with E-state index in [9.17, 15) is 4.79 Å². The number of rotatable bonds is 2. The summed E-state index contributed by atoms with van der Waals surface area (Å²) in [6, 6.07) is 5.31. The van der Waals surface area contributed by atoms with E-state index in [0.717, 1.165) is 5.52 Å². The van der Waals surface area contributed by atoms with Crippen LogP contribution in [-0.2, 0) is 13.7 Å². The summed E-state index contributed by atoms with van der Waals surface area (Å²) in [6.45, 7) is -0.250. The predicted octanol–water partition coefficient (Wildman–Crippen LogP) is 1.04. The van der Waals surface area contributed by atoms with Gasteiger partial charge < -0.3 is 14.4 Å². The number of aromatic nitrogens is 1. The monoisotopic (exact) mass is 219 g/mol. The van der Waals surface area contributed by atoms with Crippen molar-refractivity contribution in [1.29, 1.82) is 0 Å². The van der Waals surface area contributed by atoms with Crippen molar-refractivity contribution in [2.24, 2.45) is 7.05 Å². The maximum Gasteiger partial charge on any atom is 0.195 e. The zero-order valence-corrected chi connectivity index (χ0v) is 9.23. The zero-order valence-electron chi connectivity index (χ0n) is 9.23. The molecule has 0 saturated carbocycles. The van der Waals surface area contributed by atoms with Crippen molar-refractivity contribution in [3.8, 4) is 5.75 Å². The van der Waals surface area contributed by atoms with Crippen LogP contribution in [0, 0.1) is 0 Å². The van der Waals surface area contributed by atoms with Gasteiger partial charge in [0.15, 0.2) is 5.43 Å². The molecule has 0 spiro atoms. The smallest absolute Gasteiger partial charge is 0.195 e. The van der Waals surface area contributed by atoms with E-state index in [4.69, 9.17) is 9.84 Å². The zero-order chi connectivity index (χ0) is 11.7. The molecule has 1 heterocycles. The molecule has 0 saturated heterocycles. The van der Waals surface area contributed by atoms with Crippen molar-refractivity contribution in [3.05, 3.63) is 40.2 Å². The largest absolute Gasteiger partial charge is 0.495 e. The van der Waals surface area contributed by atoms with E-state index in [1.165, 1.54) is 0 Å². The minimum atomic E-state index is -0.250. The summed E-state index contributed by atoms with van der Waals surface area (Å²) in [4.78, 5) is 12.0. The molecule has 1 aromatic carbocycles. The number of hydrogen-bond donors (Lipinski definition) is 1. The maximum absolute atomic E-state index is 12.0. The average molecular weight is 219 g/mol. The number of methoxy groups -OCH3 is 1. The fraction of sp³-hybridized carbons (Fsp3) is 0.250. The molecule has 0 aliphatic heterocycles. The molecule has 16 heavy (non-hydrogen) atoms. The number of pyridine rings is 1. The lowest BCUT2D eigenvalue weighted by Crippen LogP contribution is -2.13. The van der Waals surface area contributed by atoms with Gasteiger partial charge in [-0.15, -0.1) is 0 Å². The Labute approximate surface area is 92.7 Å². The Morgan fingerprint density at radius 3 is 2.81 bits per heavy atom. The first-order valence-electron chi connectivity index (χ1n) is 4.95. The molecular formula is C12H13NO3. The highest BCUT2D eigenvalue weighted by Gasteiger charge is 2.09. The number of fused-ring (bicyclic) bond motifs is 1. The van der Waals surface area contributed by atoms with Crippen molar-refractivity contribution in [1.82, 2.24) is 4.57 Å². The van der Waals surface area contributed by atoms with E-state index in [1.807, 2.05) is 7.05 Å². The normalized spacial score (nSPS) is 10.7. The van der Waals surface area contributed by atoms with Gasteiger partial charge in [0.2, 0.25) is 0 Å². The molecule has 2 aromatic rings. The molecule has 0 aliphatic rings. The third kappa shape index (κ3) is 1.47. The molecule has 0 amide bonds. The van der Waals surface area contributed by atoms with E-state index >= 15 is 0 Å². The standard InChI is InChI=1S/C12H13NO3/c1-13-6-8(7-14)12(15)9-4-3-5-10(16-2)11(9)13/h3-6,14H,7H2,1-2H3. The number of para-hydroxylation sites is 1. The molecule has 4 heteroatoms. The second-order valence-electron chi connectivity index (χ2n) is 3.61. The fourth-order valence-electron chi connectivity index (χ4n) is 1.88. The Balaban J connectivity index is 2.95. The lowest BCUT2D eigenvalue weighted by atomic mass is 10.1. The molecule has 0 aliphatic carbocycles. The second-order valence-corrected chi connectivity index (χ2v) is 3.61. The Kier molecular flexibility index (Phi) is 2.66. The van der Waals surface area contributed by atoms with Crippen LogP contribution in [0.3, 0.4) is 0 Å². The van der Waals surface area contributed by atoms with Gasteiger partial charge in [-0.1, -0.05) is 6.07 Å². The van der Waals surface area contributed by atoms with Gasteiger partial charge in [0, 0.05) is 24.2 Å². The van der Waals surface area contributed by atoms with Crippen LogP contribution in [-0.4, -0.2) is 16.8 Å². The van der Waals surface area contributed by atoms with E-state index < -0.39 is 0 Å². The summed E-state index contributed by atoms with van der Waals surface area (Å²) in [6.07, 6.45) is 1.63. The summed E-state index contributed by atoms with van der Waals surface area (Å²) >= 11 is 0. The molecule has 0 radical (unpaired) electrons. The van der Waals surface area contributed by atoms with Crippen LogP contribution >= 0.6 is 0 Å². The lowest BCUT2D eigenvalue weighted by molar-refractivity contribution is 0.280. The van der Waals surface area contributed by atoms with Crippen molar-refractivity contribution in [3.63, 3.8) is 0 Å². The highest BCUT2D eigenvalue weighted by molar-refractivity contribution is 5.85. The van der Waals surface area contributed by atoms with Crippen LogP contribution in [0.5, 0.6) is 5.75 Å². The van der Waals surface area contributed by atoms with Crippen molar-refractivity contribution in [2.45, 2.75) is 6.61 Å². The van der Waals surface area contributed by atoms with Gasteiger partial charge in [-0.05, 0) is 12.1 Å². The van der Waals surface area contributed by atoms with Crippen LogP contribution in [0.15, 0.2) is 29.2 Å². The van der Waals surface area contributed by atoms with Gasteiger partial charge in [-0.2, -0.15) is 0 Å². The molecule has 1 aromatic heterocycles. The molecule has 1 N–H and O–H groups in total. The minimum absolute atomic E-state index is 0.144. The van der Waals surface area contributed by atoms with Gasteiger partial charge in [0.1, 0.15) is 5.75 Å².